The highest BCUT2D eigenvalue weighted by Crippen LogP contribution is 2.22. The van der Waals surface area contributed by atoms with Gasteiger partial charge >= 0.3 is 0 Å². The van der Waals surface area contributed by atoms with Gasteiger partial charge in [-0.05, 0) is 53.3 Å². The van der Waals surface area contributed by atoms with Crippen LogP contribution in [-0.4, -0.2) is 5.11 Å². The van der Waals surface area contributed by atoms with Crippen LogP contribution >= 0.6 is 11.3 Å². The molecule has 0 aliphatic rings. The number of rotatable bonds is 4. The minimum absolute atomic E-state index is 0.346. The Bertz CT molecular complexity index is 434. The van der Waals surface area contributed by atoms with Gasteiger partial charge < -0.3 is 5.11 Å². The highest BCUT2D eigenvalue weighted by molar-refractivity contribution is 7.07. The molecule has 2 aromatic rings. The second kappa shape index (κ2) is 5.28. The van der Waals surface area contributed by atoms with Gasteiger partial charge in [0.2, 0.25) is 0 Å². The van der Waals surface area contributed by atoms with E-state index in [4.69, 9.17) is 0 Å². The van der Waals surface area contributed by atoms with Crippen LogP contribution in [-0.2, 0) is 6.42 Å². The van der Waals surface area contributed by atoms with Gasteiger partial charge in [-0.1, -0.05) is 24.3 Å². The third kappa shape index (κ3) is 2.71. The quantitative estimate of drug-likeness (QED) is 0.851. The van der Waals surface area contributed by atoms with Gasteiger partial charge in [0.25, 0.3) is 0 Å². The van der Waals surface area contributed by atoms with Gasteiger partial charge in [0.05, 0.1) is 6.10 Å². The van der Waals surface area contributed by atoms with Crippen LogP contribution in [0, 0.1) is 6.92 Å². The molecule has 84 valence electrons. The Morgan fingerprint density at radius 2 is 2.06 bits per heavy atom. The average molecular weight is 232 g/mol. The number of aryl methyl sites for hydroxylation is 2. The summed E-state index contributed by atoms with van der Waals surface area (Å²) in [5.41, 5.74) is 3.54. The van der Waals surface area contributed by atoms with Crippen LogP contribution in [0.5, 0.6) is 0 Å². The Hall–Kier alpha value is -1.12. The maximum Gasteiger partial charge on any atom is 0.0795 e. The molecule has 0 amide bonds. The van der Waals surface area contributed by atoms with E-state index in [9.17, 15) is 5.11 Å². The Morgan fingerprint density at radius 3 is 2.75 bits per heavy atom. The summed E-state index contributed by atoms with van der Waals surface area (Å²) in [7, 11) is 0. The van der Waals surface area contributed by atoms with Crippen LogP contribution in [0.4, 0.5) is 0 Å². The molecule has 2 heteroatoms. The minimum atomic E-state index is -0.346. The van der Waals surface area contributed by atoms with Crippen molar-refractivity contribution in [1.29, 1.82) is 0 Å². The van der Waals surface area contributed by atoms with Gasteiger partial charge in [0, 0.05) is 0 Å². The minimum Gasteiger partial charge on any atom is -0.388 e. The SMILES string of the molecule is Cc1ccccc1C(O)CCc1ccsc1. The van der Waals surface area contributed by atoms with E-state index in [1.807, 2.05) is 31.2 Å². The maximum absolute atomic E-state index is 10.1. The van der Waals surface area contributed by atoms with Crippen LogP contribution in [0.3, 0.4) is 0 Å². The second-order valence-electron chi connectivity index (χ2n) is 4.04. The van der Waals surface area contributed by atoms with Gasteiger partial charge in [-0.15, -0.1) is 0 Å². The average Bonchev–Trinajstić information content (AvgIpc) is 2.79. The van der Waals surface area contributed by atoms with Crippen molar-refractivity contribution in [1.82, 2.24) is 0 Å². The lowest BCUT2D eigenvalue weighted by molar-refractivity contribution is 0.167. The lowest BCUT2D eigenvalue weighted by atomic mass is 9.99. The molecule has 16 heavy (non-hydrogen) atoms. The summed E-state index contributed by atoms with van der Waals surface area (Å²) in [5.74, 6) is 0. The zero-order chi connectivity index (χ0) is 11.4. The molecule has 0 bridgehead atoms. The van der Waals surface area contributed by atoms with Crippen molar-refractivity contribution in [2.75, 3.05) is 0 Å². The number of aliphatic hydroxyl groups excluding tert-OH is 1. The van der Waals surface area contributed by atoms with Crippen LogP contribution < -0.4 is 0 Å². The third-order valence-electron chi connectivity index (χ3n) is 2.83. The van der Waals surface area contributed by atoms with E-state index in [1.165, 1.54) is 11.1 Å². The number of benzene rings is 1. The Morgan fingerprint density at radius 1 is 1.25 bits per heavy atom. The zero-order valence-corrected chi connectivity index (χ0v) is 10.2. The molecule has 0 saturated carbocycles. The molecule has 1 heterocycles. The van der Waals surface area contributed by atoms with E-state index < -0.39 is 0 Å². The lowest BCUT2D eigenvalue weighted by Gasteiger charge is -2.12. The monoisotopic (exact) mass is 232 g/mol. The Labute approximate surface area is 100 Å². The van der Waals surface area contributed by atoms with E-state index in [2.05, 4.69) is 16.8 Å². The maximum atomic E-state index is 10.1. The zero-order valence-electron chi connectivity index (χ0n) is 9.39. The first-order chi connectivity index (χ1) is 7.77. The Balaban J connectivity index is 1.98. The van der Waals surface area contributed by atoms with Crippen LogP contribution in [0.25, 0.3) is 0 Å². The molecule has 1 aromatic heterocycles. The number of hydrogen-bond acceptors (Lipinski definition) is 2. The molecule has 0 aliphatic carbocycles. The summed E-state index contributed by atoms with van der Waals surface area (Å²) >= 11 is 1.71. The molecule has 1 nitrogen and oxygen atoms in total. The van der Waals surface area contributed by atoms with Gasteiger partial charge in [0.15, 0.2) is 0 Å². The van der Waals surface area contributed by atoms with Gasteiger partial charge in [-0.2, -0.15) is 11.3 Å². The first kappa shape index (κ1) is 11.4. The summed E-state index contributed by atoms with van der Waals surface area (Å²) < 4.78 is 0. The van der Waals surface area contributed by atoms with E-state index in [1.54, 1.807) is 11.3 Å². The largest absolute Gasteiger partial charge is 0.388 e. The molecule has 0 radical (unpaired) electrons. The molecule has 1 aromatic carbocycles. The number of aliphatic hydroxyl groups is 1. The van der Waals surface area contributed by atoms with Crippen molar-refractivity contribution in [2.24, 2.45) is 0 Å². The van der Waals surface area contributed by atoms with Gasteiger partial charge in [-0.3, -0.25) is 0 Å². The number of hydrogen-bond donors (Lipinski definition) is 1. The summed E-state index contributed by atoms with van der Waals surface area (Å²) in [4.78, 5) is 0. The molecule has 0 saturated heterocycles. The summed E-state index contributed by atoms with van der Waals surface area (Å²) in [6.07, 6.45) is 1.39. The fraction of sp³-hybridized carbons (Fsp3) is 0.286. The van der Waals surface area contributed by atoms with Gasteiger partial charge in [-0.25, -0.2) is 0 Å². The predicted molar refractivity (Wildman–Crippen MR) is 68.8 cm³/mol. The molecular weight excluding hydrogens is 216 g/mol. The van der Waals surface area contributed by atoms with Crippen molar-refractivity contribution < 1.29 is 5.11 Å². The van der Waals surface area contributed by atoms with Gasteiger partial charge in [0.1, 0.15) is 0 Å². The summed E-state index contributed by atoms with van der Waals surface area (Å²) in [6.45, 7) is 2.04. The second-order valence-corrected chi connectivity index (χ2v) is 4.82. The third-order valence-corrected chi connectivity index (χ3v) is 3.57. The lowest BCUT2D eigenvalue weighted by Crippen LogP contribution is -2.01. The molecule has 0 spiro atoms. The van der Waals surface area contributed by atoms with Crippen LogP contribution in [0.2, 0.25) is 0 Å². The Kier molecular flexibility index (Phi) is 3.75. The van der Waals surface area contributed by atoms with Crippen molar-refractivity contribution in [3.63, 3.8) is 0 Å². The molecular formula is C14H16OS. The molecule has 0 aliphatic heterocycles. The van der Waals surface area contributed by atoms with E-state index in [0.29, 0.717) is 0 Å². The normalized spacial score (nSPS) is 12.6. The fourth-order valence-corrected chi connectivity index (χ4v) is 2.56. The van der Waals surface area contributed by atoms with Crippen molar-refractivity contribution in [3.8, 4) is 0 Å². The van der Waals surface area contributed by atoms with E-state index in [-0.39, 0.29) is 6.10 Å². The predicted octanol–water partition coefficient (Wildman–Crippen LogP) is 3.72. The van der Waals surface area contributed by atoms with E-state index >= 15 is 0 Å². The number of thiophene rings is 1. The first-order valence-electron chi connectivity index (χ1n) is 5.52. The molecule has 1 atom stereocenters. The highest BCUT2D eigenvalue weighted by Gasteiger charge is 2.09. The molecule has 0 fully saturated rings. The van der Waals surface area contributed by atoms with Crippen molar-refractivity contribution in [3.05, 3.63) is 57.8 Å². The topological polar surface area (TPSA) is 20.2 Å². The van der Waals surface area contributed by atoms with E-state index in [0.717, 1.165) is 18.4 Å². The molecule has 1 N–H and O–H groups in total. The standard InChI is InChI=1S/C14H16OS/c1-11-4-2-3-5-13(11)14(15)7-6-12-8-9-16-10-12/h2-5,8-10,14-15H,6-7H2,1H3. The summed E-state index contributed by atoms with van der Waals surface area (Å²) in [6, 6.07) is 10.2. The molecule has 1 unspecified atom stereocenters. The van der Waals surface area contributed by atoms with Crippen molar-refractivity contribution >= 4 is 11.3 Å². The van der Waals surface area contributed by atoms with Crippen LogP contribution in [0.15, 0.2) is 41.1 Å². The molecule has 2 rings (SSSR count). The summed E-state index contributed by atoms with van der Waals surface area (Å²) in [5, 5.41) is 14.3. The highest BCUT2D eigenvalue weighted by atomic mass is 32.1. The first-order valence-corrected chi connectivity index (χ1v) is 6.46. The fourth-order valence-electron chi connectivity index (χ4n) is 1.85. The van der Waals surface area contributed by atoms with Crippen molar-refractivity contribution in [2.45, 2.75) is 25.9 Å². The smallest absolute Gasteiger partial charge is 0.0795 e. The van der Waals surface area contributed by atoms with Crippen LogP contribution in [0.1, 0.15) is 29.2 Å².